The maximum atomic E-state index is 12.1. The standard InChI is InChI=1S/C14H23N3O2/c1-5-6-15-12(18)11-16-7-9-17(10-8-16)13(19)14(2,3)4/h1H,6-11H2,2-4H3,(H,15,18). The molecule has 1 aliphatic heterocycles. The van der Waals surface area contributed by atoms with E-state index in [4.69, 9.17) is 6.42 Å². The Bertz CT molecular complexity index is 371. The largest absolute Gasteiger partial charge is 0.344 e. The molecule has 19 heavy (non-hydrogen) atoms. The topological polar surface area (TPSA) is 52.7 Å². The molecule has 2 amide bonds. The molecule has 0 aliphatic carbocycles. The van der Waals surface area contributed by atoms with Crippen molar-refractivity contribution in [2.45, 2.75) is 20.8 Å². The van der Waals surface area contributed by atoms with E-state index in [1.807, 2.05) is 30.6 Å². The van der Waals surface area contributed by atoms with Crippen LogP contribution in [0.1, 0.15) is 20.8 Å². The van der Waals surface area contributed by atoms with Crippen molar-refractivity contribution in [1.29, 1.82) is 0 Å². The van der Waals surface area contributed by atoms with Crippen molar-refractivity contribution in [3.63, 3.8) is 0 Å². The lowest BCUT2D eigenvalue weighted by Crippen LogP contribution is -2.53. The maximum absolute atomic E-state index is 12.1. The lowest BCUT2D eigenvalue weighted by atomic mass is 9.94. The molecular weight excluding hydrogens is 242 g/mol. The zero-order valence-corrected chi connectivity index (χ0v) is 12.0. The SMILES string of the molecule is C#CCNC(=O)CN1CCN(C(=O)C(C)(C)C)CC1. The Hall–Kier alpha value is -1.54. The normalized spacial score (nSPS) is 16.8. The van der Waals surface area contributed by atoms with E-state index in [0.717, 1.165) is 13.1 Å². The van der Waals surface area contributed by atoms with E-state index < -0.39 is 0 Å². The van der Waals surface area contributed by atoms with E-state index in [2.05, 4.69) is 11.2 Å². The fourth-order valence-corrected chi connectivity index (χ4v) is 1.99. The summed E-state index contributed by atoms with van der Waals surface area (Å²) < 4.78 is 0. The average Bonchev–Trinajstić information content (AvgIpc) is 2.35. The molecule has 1 saturated heterocycles. The van der Waals surface area contributed by atoms with Crippen LogP contribution >= 0.6 is 0 Å². The Kier molecular flexibility index (Phi) is 5.37. The second-order valence-corrected chi connectivity index (χ2v) is 5.80. The predicted octanol–water partition coefficient (Wildman–Crippen LogP) is -0.0739. The van der Waals surface area contributed by atoms with Gasteiger partial charge in [0.15, 0.2) is 0 Å². The Balaban J connectivity index is 2.35. The minimum atomic E-state index is -0.341. The predicted molar refractivity (Wildman–Crippen MR) is 74.3 cm³/mol. The van der Waals surface area contributed by atoms with Gasteiger partial charge in [-0.3, -0.25) is 14.5 Å². The van der Waals surface area contributed by atoms with Gasteiger partial charge in [0.2, 0.25) is 11.8 Å². The van der Waals surface area contributed by atoms with Gasteiger partial charge < -0.3 is 10.2 Å². The van der Waals surface area contributed by atoms with Crippen molar-refractivity contribution >= 4 is 11.8 Å². The second kappa shape index (κ2) is 6.58. The number of amides is 2. The molecule has 106 valence electrons. The summed E-state index contributed by atoms with van der Waals surface area (Å²) in [6.07, 6.45) is 5.08. The van der Waals surface area contributed by atoms with Crippen LogP contribution in [-0.4, -0.2) is 60.9 Å². The van der Waals surface area contributed by atoms with Crippen LogP contribution in [0.5, 0.6) is 0 Å². The summed E-state index contributed by atoms with van der Waals surface area (Å²) in [5, 5.41) is 2.64. The number of hydrogen-bond acceptors (Lipinski definition) is 3. The number of piperazine rings is 1. The summed E-state index contributed by atoms with van der Waals surface area (Å²) in [7, 11) is 0. The summed E-state index contributed by atoms with van der Waals surface area (Å²) in [6, 6.07) is 0. The molecule has 0 aromatic heterocycles. The first kappa shape index (κ1) is 15.5. The van der Waals surface area contributed by atoms with E-state index >= 15 is 0 Å². The first-order valence-corrected chi connectivity index (χ1v) is 6.56. The molecule has 1 N–H and O–H groups in total. The fourth-order valence-electron chi connectivity index (χ4n) is 1.99. The van der Waals surface area contributed by atoms with Crippen molar-refractivity contribution < 1.29 is 9.59 Å². The maximum Gasteiger partial charge on any atom is 0.234 e. The summed E-state index contributed by atoms with van der Waals surface area (Å²) in [5.74, 6) is 2.48. The molecule has 0 saturated carbocycles. The number of carbonyl (C=O) groups excluding carboxylic acids is 2. The summed E-state index contributed by atoms with van der Waals surface area (Å²) >= 11 is 0. The smallest absolute Gasteiger partial charge is 0.234 e. The number of hydrogen-bond donors (Lipinski definition) is 1. The van der Waals surface area contributed by atoms with Crippen molar-refractivity contribution in [3.8, 4) is 12.3 Å². The first-order valence-electron chi connectivity index (χ1n) is 6.56. The lowest BCUT2D eigenvalue weighted by Gasteiger charge is -2.37. The van der Waals surface area contributed by atoms with Crippen LogP contribution in [0.15, 0.2) is 0 Å². The van der Waals surface area contributed by atoms with Gasteiger partial charge in [0, 0.05) is 31.6 Å². The zero-order chi connectivity index (χ0) is 14.5. The van der Waals surface area contributed by atoms with Gasteiger partial charge in [0.1, 0.15) is 0 Å². The quantitative estimate of drug-likeness (QED) is 0.727. The van der Waals surface area contributed by atoms with Gasteiger partial charge in [-0.25, -0.2) is 0 Å². The molecule has 0 aromatic carbocycles. The highest BCUT2D eigenvalue weighted by Gasteiger charge is 2.29. The van der Waals surface area contributed by atoms with Crippen LogP contribution in [0.3, 0.4) is 0 Å². The van der Waals surface area contributed by atoms with Gasteiger partial charge in [0.25, 0.3) is 0 Å². The van der Waals surface area contributed by atoms with Crippen molar-refractivity contribution in [3.05, 3.63) is 0 Å². The van der Waals surface area contributed by atoms with Gasteiger partial charge in [-0.05, 0) is 0 Å². The molecule has 0 bridgehead atoms. The molecule has 1 rings (SSSR count). The average molecular weight is 265 g/mol. The van der Waals surface area contributed by atoms with Crippen molar-refractivity contribution in [2.75, 3.05) is 39.3 Å². The Morgan fingerprint density at radius 2 is 1.79 bits per heavy atom. The Labute approximate surface area is 115 Å². The molecule has 0 atom stereocenters. The minimum absolute atomic E-state index is 0.0615. The lowest BCUT2D eigenvalue weighted by molar-refractivity contribution is -0.141. The molecule has 5 heteroatoms. The van der Waals surface area contributed by atoms with Gasteiger partial charge in [-0.2, -0.15) is 0 Å². The molecular formula is C14H23N3O2. The zero-order valence-electron chi connectivity index (χ0n) is 12.0. The van der Waals surface area contributed by atoms with Crippen LogP contribution in [0.25, 0.3) is 0 Å². The highest BCUT2D eigenvalue weighted by atomic mass is 16.2. The fraction of sp³-hybridized carbons (Fsp3) is 0.714. The van der Waals surface area contributed by atoms with E-state index in [0.29, 0.717) is 19.6 Å². The third-order valence-corrected chi connectivity index (χ3v) is 3.06. The number of nitrogens with one attached hydrogen (secondary N) is 1. The first-order chi connectivity index (χ1) is 8.84. The van der Waals surface area contributed by atoms with Gasteiger partial charge in [-0.15, -0.1) is 6.42 Å². The number of rotatable bonds is 3. The van der Waals surface area contributed by atoms with Crippen LogP contribution in [-0.2, 0) is 9.59 Å². The van der Waals surface area contributed by atoms with Crippen LogP contribution in [0.2, 0.25) is 0 Å². The van der Waals surface area contributed by atoms with Crippen molar-refractivity contribution in [1.82, 2.24) is 15.1 Å². The number of carbonyl (C=O) groups is 2. The monoisotopic (exact) mass is 265 g/mol. The summed E-state index contributed by atoms with van der Waals surface area (Å²) in [6.45, 7) is 9.20. The molecule has 5 nitrogen and oxygen atoms in total. The van der Waals surface area contributed by atoms with E-state index in [9.17, 15) is 9.59 Å². The van der Waals surface area contributed by atoms with E-state index in [-0.39, 0.29) is 23.8 Å². The Morgan fingerprint density at radius 1 is 1.21 bits per heavy atom. The van der Waals surface area contributed by atoms with Crippen molar-refractivity contribution in [2.24, 2.45) is 5.41 Å². The molecule has 1 heterocycles. The molecule has 0 spiro atoms. The summed E-state index contributed by atoms with van der Waals surface area (Å²) in [4.78, 5) is 27.5. The van der Waals surface area contributed by atoms with Crippen LogP contribution in [0.4, 0.5) is 0 Å². The highest BCUT2D eigenvalue weighted by molar-refractivity contribution is 5.81. The third kappa shape index (κ3) is 4.92. The van der Waals surface area contributed by atoms with Crippen LogP contribution < -0.4 is 5.32 Å². The highest BCUT2D eigenvalue weighted by Crippen LogP contribution is 2.18. The van der Waals surface area contributed by atoms with Gasteiger partial charge in [-0.1, -0.05) is 26.7 Å². The molecule has 0 aromatic rings. The minimum Gasteiger partial charge on any atom is -0.344 e. The third-order valence-electron chi connectivity index (χ3n) is 3.06. The second-order valence-electron chi connectivity index (χ2n) is 5.80. The number of nitrogens with zero attached hydrogens (tertiary/aromatic N) is 2. The summed E-state index contributed by atoms with van der Waals surface area (Å²) in [5.41, 5.74) is -0.341. The molecule has 0 unspecified atom stereocenters. The van der Waals surface area contributed by atoms with Crippen LogP contribution in [0, 0.1) is 17.8 Å². The molecule has 0 radical (unpaired) electrons. The molecule has 1 fully saturated rings. The van der Waals surface area contributed by atoms with Gasteiger partial charge in [0.05, 0.1) is 13.1 Å². The molecule has 1 aliphatic rings. The Morgan fingerprint density at radius 3 is 2.26 bits per heavy atom. The van der Waals surface area contributed by atoms with Gasteiger partial charge >= 0.3 is 0 Å². The number of terminal acetylenes is 1. The van der Waals surface area contributed by atoms with E-state index in [1.54, 1.807) is 0 Å². The van der Waals surface area contributed by atoms with E-state index in [1.165, 1.54) is 0 Å².